The van der Waals surface area contributed by atoms with Crippen LogP contribution < -0.4 is 0 Å². The number of amides is 2. The third-order valence-electron chi connectivity index (χ3n) is 5.53. The van der Waals surface area contributed by atoms with Gasteiger partial charge in [0.25, 0.3) is 11.8 Å². The number of carbonyl (C=O) groups is 2. The lowest BCUT2D eigenvalue weighted by Gasteiger charge is -2.35. The van der Waals surface area contributed by atoms with Crippen molar-refractivity contribution in [1.29, 1.82) is 0 Å². The third kappa shape index (κ3) is 2.69. The van der Waals surface area contributed by atoms with Gasteiger partial charge in [0.05, 0.1) is 0 Å². The Morgan fingerprint density at radius 2 is 1.89 bits per heavy atom. The zero-order chi connectivity index (χ0) is 19.3. The summed E-state index contributed by atoms with van der Waals surface area (Å²) in [4.78, 5) is 29.2. The van der Waals surface area contributed by atoms with Crippen LogP contribution in [0.2, 0.25) is 0 Å². The minimum atomic E-state index is -0.322. The van der Waals surface area contributed by atoms with Gasteiger partial charge in [-0.15, -0.1) is 0 Å². The van der Waals surface area contributed by atoms with Gasteiger partial charge in [-0.25, -0.2) is 4.39 Å². The van der Waals surface area contributed by atoms with Gasteiger partial charge >= 0.3 is 0 Å². The summed E-state index contributed by atoms with van der Waals surface area (Å²) < 4.78 is 14.9. The average molecular weight is 371 g/mol. The molecule has 142 valence electrons. The first kappa shape index (κ1) is 17.6. The van der Waals surface area contributed by atoms with Crippen LogP contribution >= 0.6 is 0 Å². The highest BCUT2D eigenvalue weighted by atomic mass is 19.1. The molecule has 0 spiro atoms. The lowest BCUT2D eigenvalue weighted by atomic mass is 10.0. The summed E-state index contributed by atoms with van der Waals surface area (Å²) in [5, 5.41) is 10.7. The smallest absolute Gasteiger partial charge is 0.274 e. The summed E-state index contributed by atoms with van der Waals surface area (Å²) in [5.41, 5.74) is 2.01. The normalized spacial score (nSPS) is 19.3. The van der Waals surface area contributed by atoms with E-state index in [1.807, 2.05) is 18.4 Å². The standard InChI is InChI=1S/C20H22FN3O3/c1-3-23-12(2)10-24-15-8-9-22(11-13-4-6-14(21)7-5-13)19(26)16(15)18(25)17(24)20(23)27/h4-7,12,25H,3,8-11H2,1-2H3/t12-/m0/s1. The summed E-state index contributed by atoms with van der Waals surface area (Å²) in [7, 11) is 0. The lowest BCUT2D eigenvalue weighted by Crippen LogP contribution is -2.46. The molecule has 2 amide bonds. The van der Waals surface area contributed by atoms with Crippen LogP contribution in [0.5, 0.6) is 5.75 Å². The first-order valence-corrected chi connectivity index (χ1v) is 9.21. The van der Waals surface area contributed by atoms with E-state index in [0.29, 0.717) is 32.6 Å². The first-order valence-electron chi connectivity index (χ1n) is 9.21. The molecule has 1 N–H and O–H groups in total. The van der Waals surface area contributed by atoms with E-state index in [1.165, 1.54) is 12.1 Å². The molecule has 0 unspecified atom stereocenters. The molecule has 0 fully saturated rings. The molecule has 0 saturated carbocycles. The maximum Gasteiger partial charge on any atom is 0.274 e. The Labute approximate surface area is 156 Å². The summed E-state index contributed by atoms with van der Waals surface area (Å²) in [6.07, 6.45) is 0.571. The number of hydrogen-bond acceptors (Lipinski definition) is 3. The molecule has 27 heavy (non-hydrogen) atoms. The maximum atomic E-state index is 13.1. The van der Waals surface area contributed by atoms with Crippen molar-refractivity contribution in [1.82, 2.24) is 14.4 Å². The van der Waals surface area contributed by atoms with E-state index in [2.05, 4.69) is 0 Å². The van der Waals surface area contributed by atoms with Gasteiger partial charge in [0, 0.05) is 44.3 Å². The van der Waals surface area contributed by atoms with E-state index >= 15 is 0 Å². The van der Waals surface area contributed by atoms with Crippen molar-refractivity contribution in [3.63, 3.8) is 0 Å². The number of rotatable bonds is 3. The molecule has 1 aromatic carbocycles. The Hall–Kier alpha value is -2.83. The molecule has 3 heterocycles. The quantitative estimate of drug-likeness (QED) is 0.901. The number of hydrogen-bond donors (Lipinski definition) is 1. The van der Waals surface area contributed by atoms with E-state index in [-0.39, 0.29) is 40.7 Å². The molecule has 6 nitrogen and oxygen atoms in total. The molecule has 7 heteroatoms. The molecule has 0 aliphatic carbocycles. The van der Waals surface area contributed by atoms with Gasteiger partial charge < -0.3 is 19.5 Å². The monoisotopic (exact) mass is 371 g/mol. The minimum Gasteiger partial charge on any atom is -0.505 e. The van der Waals surface area contributed by atoms with Crippen LogP contribution in [-0.4, -0.2) is 50.4 Å². The van der Waals surface area contributed by atoms with Gasteiger partial charge in [-0.2, -0.15) is 0 Å². The van der Waals surface area contributed by atoms with Gasteiger partial charge in [-0.3, -0.25) is 9.59 Å². The van der Waals surface area contributed by atoms with Crippen LogP contribution in [0.25, 0.3) is 0 Å². The van der Waals surface area contributed by atoms with Gasteiger partial charge in [0.2, 0.25) is 0 Å². The van der Waals surface area contributed by atoms with Crippen LogP contribution in [-0.2, 0) is 19.5 Å². The van der Waals surface area contributed by atoms with E-state index in [0.717, 1.165) is 11.3 Å². The Bertz CT molecular complexity index is 920. The molecular weight excluding hydrogens is 349 g/mol. The van der Waals surface area contributed by atoms with Gasteiger partial charge in [-0.05, 0) is 31.5 Å². The van der Waals surface area contributed by atoms with Gasteiger partial charge in [-0.1, -0.05) is 12.1 Å². The second-order valence-corrected chi connectivity index (χ2v) is 7.17. The molecule has 2 aliphatic heterocycles. The topological polar surface area (TPSA) is 65.8 Å². The summed E-state index contributed by atoms with van der Waals surface area (Å²) >= 11 is 0. The van der Waals surface area contributed by atoms with Crippen LogP contribution in [0.4, 0.5) is 4.39 Å². The van der Waals surface area contributed by atoms with E-state index in [1.54, 1.807) is 21.9 Å². The fraction of sp³-hybridized carbons (Fsp3) is 0.400. The fourth-order valence-corrected chi connectivity index (χ4v) is 4.17. The van der Waals surface area contributed by atoms with Crippen LogP contribution in [0.15, 0.2) is 24.3 Å². The lowest BCUT2D eigenvalue weighted by molar-refractivity contribution is 0.0618. The van der Waals surface area contributed by atoms with Crippen LogP contribution in [0.3, 0.4) is 0 Å². The Morgan fingerprint density at radius 1 is 1.19 bits per heavy atom. The highest BCUT2D eigenvalue weighted by Crippen LogP contribution is 2.37. The van der Waals surface area contributed by atoms with E-state index in [9.17, 15) is 19.1 Å². The van der Waals surface area contributed by atoms with Crippen molar-refractivity contribution in [2.45, 2.75) is 39.4 Å². The Morgan fingerprint density at radius 3 is 2.56 bits per heavy atom. The van der Waals surface area contributed by atoms with Crippen molar-refractivity contribution < 1.29 is 19.1 Å². The molecule has 0 radical (unpaired) electrons. The predicted octanol–water partition coefficient (Wildman–Crippen LogP) is 2.40. The molecular formula is C20H22FN3O3. The van der Waals surface area contributed by atoms with E-state index < -0.39 is 0 Å². The molecule has 0 bridgehead atoms. The molecule has 0 saturated heterocycles. The van der Waals surface area contributed by atoms with Gasteiger partial charge in [0.15, 0.2) is 11.4 Å². The van der Waals surface area contributed by atoms with Crippen LogP contribution in [0, 0.1) is 5.82 Å². The van der Waals surface area contributed by atoms with Crippen molar-refractivity contribution in [2.75, 3.05) is 13.1 Å². The number of aromatic nitrogens is 1. The Kier molecular flexibility index (Phi) is 4.17. The second-order valence-electron chi connectivity index (χ2n) is 7.17. The fourth-order valence-electron chi connectivity index (χ4n) is 4.17. The molecule has 1 aromatic heterocycles. The summed E-state index contributed by atoms with van der Waals surface area (Å²) in [6, 6.07) is 6.03. The first-order chi connectivity index (χ1) is 12.9. The van der Waals surface area contributed by atoms with E-state index in [4.69, 9.17) is 0 Å². The zero-order valence-electron chi connectivity index (χ0n) is 15.4. The number of likely N-dealkylation sites (N-methyl/N-ethyl adjacent to an activating group) is 1. The number of nitrogens with zero attached hydrogens (tertiary/aromatic N) is 3. The number of carbonyl (C=O) groups excluding carboxylic acids is 2. The van der Waals surface area contributed by atoms with Crippen molar-refractivity contribution in [3.05, 3.63) is 52.6 Å². The SMILES string of the molecule is CCN1C(=O)c2c(O)c3c(n2C[C@@H]1C)CCN(Cc1ccc(F)cc1)C3=O. The number of benzene rings is 1. The summed E-state index contributed by atoms with van der Waals surface area (Å²) in [5.74, 6) is -1.06. The highest BCUT2D eigenvalue weighted by molar-refractivity contribution is 6.05. The van der Waals surface area contributed by atoms with Crippen LogP contribution in [0.1, 0.15) is 46.0 Å². The number of halogens is 1. The number of aromatic hydroxyl groups is 1. The molecule has 2 aliphatic rings. The predicted molar refractivity (Wildman–Crippen MR) is 97.1 cm³/mol. The van der Waals surface area contributed by atoms with Crippen molar-refractivity contribution in [2.24, 2.45) is 0 Å². The molecule has 2 aromatic rings. The third-order valence-corrected chi connectivity index (χ3v) is 5.53. The second kappa shape index (κ2) is 6.40. The minimum absolute atomic E-state index is 0.0123. The largest absolute Gasteiger partial charge is 0.505 e. The maximum absolute atomic E-state index is 13.1. The number of fused-ring (bicyclic) bond motifs is 3. The summed E-state index contributed by atoms with van der Waals surface area (Å²) in [6.45, 7) is 5.83. The van der Waals surface area contributed by atoms with Gasteiger partial charge in [0.1, 0.15) is 11.4 Å². The average Bonchev–Trinajstić information content (AvgIpc) is 2.92. The van der Waals surface area contributed by atoms with Crippen molar-refractivity contribution in [3.8, 4) is 5.75 Å². The Balaban J connectivity index is 1.69. The molecule has 1 atom stereocenters. The molecule has 4 rings (SSSR count). The highest BCUT2D eigenvalue weighted by Gasteiger charge is 2.40. The van der Waals surface area contributed by atoms with Crippen molar-refractivity contribution >= 4 is 11.8 Å². The zero-order valence-corrected chi connectivity index (χ0v) is 15.4.